The van der Waals surface area contributed by atoms with Crippen LogP contribution in [0, 0.1) is 17.3 Å². The monoisotopic (exact) mass is 404 g/mol. The zero-order valence-electron chi connectivity index (χ0n) is 16.5. The number of halogens is 3. The molecule has 1 aliphatic carbocycles. The second-order valence-corrected chi connectivity index (χ2v) is 7.84. The summed E-state index contributed by atoms with van der Waals surface area (Å²) in [5.74, 6) is -0.248. The van der Waals surface area contributed by atoms with Crippen LogP contribution >= 0.6 is 0 Å². The van der Waals surface area contributed by atoms with Crippen molar-refractivity contribution in [3.8, 4) is 11.5 Å². The summed E-state index contributed by atoms with van der Waals surface area (Å²) >= 11 is 0. The van der Waals surface area contributed by atoms with Crippen molar-refractivity contribution < 1.29 is 27.4 Å². The number of allylic oxidation sites excluding steroid dienone is 2. The molecule has 6 heteroatoms. The average Bonchev–Trinajstić information content (AvgIpc) is 3.20. The van der Waals surface area contributed by atoms with E-state index in [1.54, 1.807) is 38.1 Å². The summed E-state index contributed by atoms with van der Waals surface area (Å²) in [5, 5.41) is 0. The Morgan fingerprint density at radius 3 is 2.38 bits per heavy atom. The van der Waals surface area contributed by atoms with Gasteiger partial charge in [0.25, 0.3) is 0 Å². The number of carbonyl (C=O) groups is 1. The highest BCUT2D eigenvalue weighted by Gasteiger charge is 2.62. The maximum absolute atomic E-state index is 12.8. The van der Waals surface area contributed by atoms with Crippen LogP contribution in [0.4, 0.5) is 13.2 Å². The predicted molar refractivity (Wildman–Crippen MR) is 103 cm³/mol. The highest BCUT2D eigenvalue weighted by atomic mass is 19.4. The molecule has 0 aliphatic heterocycles. The van der Waals surface area contributed by atoms with E-state index in [0.29, 0.717) is 11.5 Å². The summed E-state index contributed by atoms with van der Waals surface area (Å²) in [7, 11) is 0. The largest absolute Gasteiger partial charge is 0.461 e. The molecule has 2 atom stereocenters. The van der Waals surface area contributed by atoms with Gasteiger partial charge in [0.1, 0.15) is 18.1 Å². The van der Waals surface area contributed by atoms with Gasteiger partial charge in [-0.1, -0.05) is 50.3 Å². The molecule has 0 N–H and O–H groups in total. The van der Waals surface area contributed by atoms with Crippen LogP contribution < -0.4 is 4.74 Å². The van der Waals surface area contributed by atoms with Gasteiger partial charge in [-0.25, -0.2) is 0 Å². The van der Waals surface area contributed by atoms with Crippen LogP contribution in [-0.4, -0.2) is 12.1 Å². The molecule has 0 saturated heterocycles. The smallest absolute Gasteiger partial charge is 0.412 e. The lowest BCUT2D eigenvalue weighted by molar-refractivity contribution is -0.147. The number of rotatable bonds is 6. The molecule has 0 amide bonds. The fourth-order valence-electron chi connectivity index (χ4n) is 3.37. The lowest BCUT2D eigenvalue weighted by Crippen LogP contribution is -2.11. The van der Waals surface area contributed by atoms with E-state index in [-0.39, 0.29) is 6.61 Å². The first kappa shape index (κ1) is 21.0. The summed E-state index contributed by atoms with van der Waals surface area (Å²) in [5.41, 5.74) is -0.498. The summed E-state index contributed by atoms with van der Waals surface area (Å²) < 4.78 is 49.5. The Kier molecular flexibility index (Phi) is 5.73. The van der Waals surface area contributed by atoms with Gasteiger partial charge in [0.15, 0.2) is 0 Å². The van der Waals surface area contributed by atoms with E-state index in [0.717, 1.165) is 18.6 Å². The molecule has 3 rings (SSSR count). The third kappa shape index (κ3) is 5.00. The molecule has 0 radical (unpaired) electrons. The molecule has 0 aromatic heterocycles. The fourth-order valence-corrected chi connectivity index (χ4v) is 3.37. The first-order valence-corrected chi connectivity index (χ1v) is 9.33. The lowest BCUT2D eigenvalue weighted by Gasteiger charge is -2.09. The van der Waals surface area contributed by atoms with Crippen molar-refractivity contribution >= 4 is 5.97 Å². The topological polar surface area (TPSA) is 35.5 Å². The van der Waals surface area contributed by atoms with Gasteiger partial charge in [-0.05, 0) is 48.1 Å². The van der Waals surface area contributed by atoms with E-state index in [9.17, 15) is 18.0 Å². The van der Waals surface area contributed by atoms with Crippen molar-refractivity contribution in [2.24, 2.45) is 17.3 Å². The maximum Gasteiger partial charge on any atom is 0.412 e. The molecule has 154 valence electrons. The van der Waals surface area contributed by atoms with Gasteiger partial charge < -0.3 is 9.47 Å². The highest BCUT2D eigenvalue weighted by Crippen LogP contribution is 2.60. The maximum atomic E-state index is 12.8. The zero-order chi connectivity index (χ0) is 21.2. The van der Waals surface area contributed by atoms with E-state index in [2.05, 4.69) is 0 Å². The Morgan fingerprint density at radius 2 is 1.72 bits per heavy atom. The van der Waals surface area contributed by atoms with Crippen LogP contribution in [0.15, 0.2) is 66.2 Å². The molecule has 0 heterocycles. The van der Waals surface area contributed by atoms with Gasteiger partial charge in [-0.3, -0.25) is 4.79 Å². The first-order valence-electron chi connectivity index (χ1n) is 9.33. The quantitative estimate of drug-likeness (QED) is 0.418. The molecule has 1 fully saturated rings. The molecule has 0 spiro atoms. The summed E-state index contributed by atoms with van der Waals surface area (Å²) in [6, 6.07) is 16.4. The van der Waals surface area contributed by atoms with E-state index in [1.165, 1.54) is 0 Å². The van der Waals surface area contributed by atoms with Gasteiger partial charge in [0, 0.05) is 5.57 Å². The summed E-state index contributed by atoms with van der Waals surface area (Å²) in [6.07, 6.45) is -3.24. The Morgan fingerprint density at radius 1 is 1.07 bits per heavy atom. The zero-order valence-corrected chi connectivity index (χ0v) is 16.5. The Bertz CT molecular complexity index is 901. The molecule has 2 aromatic carbocycles. The highest BCUT2D eigenvalue weighted by molar-refractivity contribution is 5.78. The summed E-state index contributed by atoms with van der Waals surface area (Å²) in [6.45, 7) is 4.61. The standard InChI is InChI=1S/C23H23F3O3/c1-15(23(24,25)26)12-19-20(22(19,2)3)21(27)28-14-16-8-7-11-18(13-16)29-17-9-5-4-6-10-17/h4-13,19-20H,14H2,1-3H3/t19-,20+/m0/s1. The Hall–Kier alpha value is -2.76. The van der Waals surface area contributed by atoms with E-state index in [4.69, 9.17) is 9.47 Å². The Labute approximate surface area is 168 Å². The second kappa shape index (κ2) is 7.93. The van der Waals surface area contributed by atoms with Crippen molar-refractivity contribution in [2.75, 3.05) is 0 Å². The SMILES string of the molecule is CC(=C[C@H]1[C@H](C(=O)OCc2cccc(Oc3ccccc3)c2)C1(C)C)C(F)(F)F. The van der Waals surface area contributed by atoms with Crippen LogP contribution in [0.3, 0.4) is 0 Å². The van der Waals surface area contributed by atoms with Gasteiger partial charge in [0.2, 0.25) is 0 Å². The minimum atomic E-state index is -4.38. The molecular formula is C23H23F3O3. The van der Waals surface area contributed by atoms with E-state index in [1.807, 2.05) is 30.3 Å². The first-order chi connectivity index (χ1) is 13.6. The van der Waals surface area contributed by atoms with Crippen molar-refractivity contribution in [1.82, 2.24) is 0 Å². The second-order valence-electron chi connectivity index (χ2n) is 7.84. The normalized spacial score (nSPS) is 20.8. The number of hydrogen-bond acceptors (Lipinski definition) is 3. The molecule has 29 heavy (non-hydrogen) atoms. The van der Waals surface area contributed by atoms with Crippen molar-refractivity contribution in [3.05, 3.63) is 71.8 Å². The van der Waals surface area contributed by atoms with Crippen molar-refractivity contribution in [3.63, 3.8) is 0 Å². The van der Waals surface area contributed by atoms with Crippen molar-refractivity contribution in [1.29, 1.82) is 0 Å². The molecule has 1 aliphatic rings. The van der Waals surface area contributed by atoms with E-state index >= 15 is 0 Å². The number of ether oxygens (including phenoxy) is 2. The number of esters is 1. The average molecular weight is 404 g/mol. The third-order valence-corrected chi connectivity index (χ3v) is 5.30. The molecule has 0 bridgehead atoms. The van der Waals surface area contributed by atoms with Gasteiger partial charge in [-0.15, -0.1) is 0 Å². The Balaban J connectivity index is 1.60. The number of hydrogen-bond donors (Lipinski definition) is 0. The molecule has 2 aromatic rings. The fraction of sp³-hybridized carbons (Fsp3) is 0.348. The molecule has 3 nitrogen and oxygen atoms in total. The minimum absolute atomic E-state index is 0.0338. The third-order valence-electron chi connectivity index (χ3n) is 5.30. The minimum Gasteiger partial charge on any atom is -0.461 e. The van der Waals surface area contributed by atoms with Crippen molar-refractivity contribution in [2.45, 2.75) is 33.6 Å². The van der Waals surface area contributed by atoms with Crippen LogP contribution in [0.25, 0.3) is 0 Å². The molecular weight excluding hydrogens is 381 g/mol. The predicted octanol–water partition coefficient (Wildman–Crippen LogP) is 6.30. The number of benzene rings is 2. The molecule has 1 saturated carbocycles. The number of alkyl halides is 3. The van der Waals surface area contributed by atoms with Crippen LogP contribution in [0.1, 0.15) is 26.3 Å². The number of carbonyl (C=O) groups excluding carboxylic acids is 1. The van der Waals surface area contributed by atoms with Gasteiger partial charge in [0.05, 0.1) is 5.92 Å². The van der Waals surface area contributed by atoms with E-state index < -0.39 is 35.0 Å². The lowest BCUT2D eigenvalue weighted by atomic mass is 10.1. The van der Waals surface area contributed by atoms with Crippen LogP contribution in [0.2, 0.25) is 0 Å². The van der Waals surface area contributed by atoms with Crippen LogP contribution in [0.5, 0.6) is 11.5 Å². The van der Waals surface area contributed by atoms with Crippen LogP contribution in [-0.2, 0) is 16.1 Å². The number of para-hydroxylation sites is 1. The van der Waals surface area contributed by atoms with Gasteiger partial charge in [-0.2, -0.15) is 13.2 Å². The summed E-state index contributed by atoms with van der Waals surface area (Å²) in [4.78, 5) is 12.4. The molecule has 0 unspecified atom stereocenters. The van der Waals surface area contributed by atoms with Gasteiger partial charge >= 0.3 is 12.1 Å².